The van der Waals surface area contributed by atoms with Gasteiger partial charge in [0.15, 0.2) is 23.0 Å². The maximum absolute atomic E-state index is 15.4. The van der Waals surface area contributed by atoms with Crippen LogP contribution in [0.2, 0.25) is 0 Å². The number of rotatable bonds is 2. The molecule has 1 saturated heterocycles. The predicted molar refractivity (Wildman–Crippen MR) is 107 cm³/mol. The molecule has 3 fully saturated rings. The number of hydrogen-bond acceptors (Lipinski definition) is 5. The molecular formula is C24H29FO5. The zero-order valence-corrected chi connectivity index (χ0v) is 17.9. The molecule has 5 nitrogen and oxygen atoms in total. The quantitative estimate of drug-likeness (QED) is 0.700. The van der Waals surface area contributed by atoms with Crippen LogP contribution < -0.4 is 0 Å². The maximum atomic E-state index is 15.4. The maximum Gasteiger partial charge on any atom is 0.193 e. The molecule has 1 heterocycles. The average molecular weight is 416 g/mol. The van der Waals surface area contributed by atoms with Crippen LogP contribution in [-0.4, -0.2) is 46.9 Å². The van der Waals surface area contributed by atoms with Crippen molar-refractivity contribution in [2.24, 2.45) is 22.7 Å². The van der Waals surface area contributed by atoms with Gasteiger partial charge in [-0.15, -0.1) is 0 Å². The lowest BCUT2D eigenvalue weighted by molar-refractivity contribution is -0.206. The lowest BCUT2D eigenvalue weighted by Gasteiger charge is -2.54. The van der Waals surface area contributed by atoms with Gasteiger partial charge in [-0.1, -0.05) is 24.6 Å². The number of carbonyl (C=O) groups excluding carboxylic acids is 2. The second kappa shape index (κ2) is 5.99. The summed E-state index contributed by atoms with van der Waals surface area (Å²) >= 11 is 0. The Kier molecular flexibility index (Phi) is 4.05. The third-order valence-corrected chi connectivity index (χ3v) is 8.49. The molecule has 162 valence electrons. The van der Waals surface area contributed by atoms with E-state index in [-0.39, 0.29) is 29.8 Å². The summed E-state index contributed by atoms with van der Waals surface area (Å²) in [5, 5.41) is 9.80. The molecule has 1 aliphatic heterocycles. The molecule has 6 heteroatoms. The number of allylic oxidation sites excluding steroid dienone is 6. The lowest BCUT2D eigenvalue weighted by atomic mass is 9.51. The highest BCUT2D eigenvalue weighted by molar-refractivity contribution is 6.01. The van der Waals surface area contributed by atoms with Crippen LogP contribution in [0.4, 0.5) is 4.39 Å². The molecule has 0 amide bonds. The van der Waals surface area contributed by atoms with Gasteiger partial charge in [0.1, 0.15) is 12.8 Å². The highest BCUT2D eigenvalue weighted by atomic mass is 19.1. The number of ether oxygens (including phenoxy) is 2. The summed E-state index contributed by atoms with van der Waals surface area (Å²) < 4.78 is 27.9. The van der Waals surface area contributed by atoms with Gasteiger partial charge in [-0.2, -0.15) is 0 Å². The largest absolute Gasteiger partial charge is 0.388 e. The number of Topliss-reactive ketones (excluding diaryl/α,β-unsaturated/α-hetero) is 1. The van der Waals surface area contributed by atoms with E-state index < -0.39 is 41.1 Å². The van der Waals surface area contributed by atoms with Crippen molar-refractivity contribution in [2.75, 3.05) is 6.61 Å². The highest BCUT2D eigenvalue weighted by Crippen LogP contribution is 2.68. The van der Waals surface area contributed by atoms with E-state index in [1.807, 2.05) is 19.9 Å². The fourth-order valence-corrected chi connectivity index (χ4v) is 7.25. The number of aliphatic hydroxyl groups excluding tert-OH is 1. The minimum atomic E-state index is -1.24. The molecule has 0 aromatic heterocycles. The molecule has 2 saturated carbocycles. The summed E-state index contributed by atoms with van der Waals surface area (Å²) in [6.07, 6.45) is 6.70. The van der Waals surface area contributed by atoms with E-state index >= 15 is 4.39 Å². The standard InChI is InChI=1S/C24H29FO5/c1-21(2)29-20-11-16-14-10-18(25)17-9-13(27)5-7-22(17,3)15(14)6-8-23(16,4)24(20,30-21)19(28)12-26/h5-7,9,14,16,18,20,26H,8,10-12H2,1-4H3. The van der Waals surface area contributed by atoms with Crippen molar-refractivity contribution in [1.82, 2.24) is 0 Å². The molecule has 0 aromatic rings. The summed E-state index contributed by atoms with van der Waals surface area (Å²) in [6, 6.07) is 0. The Morgan fingerprint density at radius 2 is 1.97 bits per heavy atom. The Hall–Kier alpha value is -1.63. The van der Waals surface area contributed by atoms with E-state index in [1.54, 1.807) is 13.8 Å². The minimum Gasteiger partial charge on any atom is -0.388 e. The van der Waals surface area contributed by atoms with Crippen LogP contribution in [0.1, 0.15) is 47.0 Å². The van der Waals surface area contributed by atoms with Crippen LogP contribution in [0.25, 0.3) is 0 Å². The molecule has 0 bridgehead atoms. The minimum absolute atomic E-state index is 0.0169. The van der Waals surface area contributed by atoms with E-state index in [4.69, 9.17) is 9.47 Å². The first-order valence-electron chi connectivity index (χ1n) is 10.8. The van der Waals surface area contributed by atoms with E-state index in [9.17, 15) is 14.7 Å². The zero-order valence-electron chi connectivity index (χ0n) is 17.9. The van der Waals surface area contributed by atoms with Crippen molar-refractivity contribution in [3.8, 4) is 0 Å². The van der Waals surface area contributed by atoms with Crippen LogP contribution in [0, 0.1) is 22.7 Å². The van der Waals surface area contributed by atoms with Gasteiger partial charge in [0.05, 0.1) is 6.10 Å². The van der Waals surface area contributed by atoms with Crippen LogP contribution in [0.15, 0.2) is 35.5 Å². The number of halogens is 1. The number of aliphatic hydroxyl groups is 1. The van der Waals surface area contributed by atoms with Gasteiger partial charge in [-0.3, -0.25) is 9.59 Å². The number of fused-ring (bicyclic) bond motifs is 7. The van der Waals surface area contributed by atoms with Gasteiger partial charge in [0.25, 0.3) is 0 Å². The molecule has 0 aromatic carbocycles. The monoisotopic (exact) mass is 416 g/mol. The van der Waals surface area contributed by atoms with E-state index in [1.165, 1.54) is 12.2 Å². The van der Waals surface area contributed by atoms with Crippen molar-refractivity contribution in [3.63, 3.8) is 0 Å². The highest BCUT2D eigenvalue weighted by Gasteiger charge is 2.75. The molecule has 5 aliphatic rings. The summed E-state index contributed by atoms with van der Waals surface area (Å²) in [5.74, 6) is -1.55. The first kappa shape index (κ1) is 20.3. The smallest absolute Gasteiger partial charge is 0.193 e. The first-order chi connectivity index (χ1) is 14.0. The van der Waals surface area contributed by atoms with Gasteiger partial charge in [-0.05, 0) is 69.6 Å². The van der Waals surface area contributed by atoms with Crippen LogP contribution in [0.5, 0.6) is 0 Å². The fraction of sp³-hybridized carbons (Fsp3) is 0.667. The number of carbonyl (C=O) groups is 2. The van der Waals surface area contributed by atoms with Crippen LogP contribution in [-0.2, 0) is 19.1 Å². The van der Waals surface area contributed by atoms with Crippen LogP contribution >= 0.6 is 0 Å². The molecule has 0 spiro atoms. The molecule has 30 heavy (non-hydrogen) atoms. The lowest BCUT2D eigenvalue weighted by Crippen LogP contribution is -2.59. The molecule has 7 atom stereocenters. The molecule has 1 N–H and O–H groups in total. The molecule has 5 rings (SSSR count). The Balaban J connectivity index is 1.63. The predicted octanol–water partition coefficient (Wildman–Crippen LogP) is 3.22. The van der Waals surface area contributed by atoms with Crippen molar-refractivity contribution in [3.05, 3.63) is 35.5 Å². The fourth-order valence-electron chi connectivity index (χ4n) is 7.25. The molecule has 4 aliphatic carbocycles. The third-order valence-electron chi connectivity index (χ3n) is 8.49. The second-order valence-electron chi connectivity index (χ2n) is 10.4. The van der Waals surface area contributed by atoms with Gasteiger partial charge in [-0.25, -0.2) is 4.39 Å². The Morgan fingerprint density at radius 1 is 1.23 bits per heavy atom. The van der Waals surface area contributed by atoms with E-state index in [0.29, 0.717) is 18.4 Å². The SMILES string of the molecule is CC1(C)OC2CC3C4CC(F)C5=CC(=O)C=CC5(C)C4=CCC3(C)C2(C(=O)CO)O1. The van der Waals surface area contributed by atoms with E-state index in [2.05, 4.69) is 6.08 Å². The van der Waals surface area contributed by atoms with Crippen molar-refractivity contribution in [2.45, 2.75) is 70.6 Å². The first-order valence-corrected chi connectivity index (χ1v) is 10.8. The van der Waals surface area contributed by atoms with Gasteiger partial charge >= 0.3 is 0 Å². The number of ketones is 2. The van der Waals surface area contributed by atoms with Gasteiger partial charge in [0.2, 0.25) is 0 Å². The second-order valence-corrected chi connectivity index (χ2v) is 10.4. The number of hydrogen-bond donors (Lipinski definition) is 1. The average Bonchev–Trinajstić information content (AvgIpc) is 3.09. The summed E-state index contributed by atoms with van der Waals surface area (Å²) in [7, 11) is 0. The molecule has 0 radical (unpaired) electrons. The van der Waals surface area contributed by atoms with E-state index in [0.717, 1.165) is 5.57 Å². The van der Waals surface area contributed by atoms with Gasteiger partial charge < -0.3 is 14.6 Å². The van der Waals surface area contributed by atoms with Gasteiger partial charge in [0, 0.05) is 10.8 Å². The number of alkyl halides is 1. The zero-order chi connectivity index (χ0) is 21.7. The van der Waals surface area contributed by atoms with Crippen molar-refractivity contribution >= 4 is 11.6 Å². The molecular weight excluding hydrogens is 387 g/mol. The third kappa shape index (κ3) is 2.28. The topological polar surface area (TPSA) is 72.8 Å². The molecule has 7 unspecified atom stereocenters. The summed E-state index contributed by atoms with van der Waals surface area (Å²) in [5.41, 5.74) is -0.803. The summed E-state index contributed by atoms with van der Waals surface area (Å²) in [6.45, 7) is 6.99. The normalized spacial score (nSPS) is 48.3. The Bertz CT molecular complexity index is 932. The van der Waals surface area contributed by atoms with Crippen molar-refractivity contribution < 1.29 is 28.6 Å². The Labute approximate surface area is 176 Å². The van der Waals surface area contributed by atoms with Crippen LogP contribution in [0.3, 0.4) is 0 Å². The van der Waals surface area contributed by atoms with Crippen molar-refractivity contribution in [1.29, 1.82) is 0 Å². The Morgan fingerprint density at radius 3 is 2.67 bits per heavy atom. The summed E-state index contributed by atoms with van der Waals surface area (Å²) in [4.78, 5) is 25.0.